The minimum absolute atomic E-state index is 0. The second kappa shape index (κ2) is 45.6. The fraction of sp³-hybridized carbons (Fsp3) is 0.714. The molecule has 0 unspecified atom stereocenters. The maximum absolute atomic E-state index is 8.89. The van der Waals surface area contributed by atoms with Gasteiger partial charge in [-0.05, 0) is 27.7 Å². The van der Waals surface area contributed by atoms with Crippen LogP contribution in [0.15, 0.2) is 0 Å². The number of carbonyl (C=O) groups is 4. The Hall–Kier alpha value is 1.88. The van der Waals surface area contributed by atoms with Crippen molar-refractivity contribution < 1.29 is 158 Å². The molecule has 1 aliphatic carbocycles. The Morgan fingerprint density at radius 3 is 0.500 bits per heavy atom. The third kappa shape index (κ3) is 258. The summed E-state index contributed by atoms with van der Waals surface area (Å²) in [5.41, 5.74) is 0. The molecular weight excluding hydrogens is 388 g/mol. The van der Waals surface area contributed by atoms with Gasteiger partial charge in [0.2, 0.25) is 0 Å². The number of hydrogen-bond donors (Lipinski definition) is 0. The van der Waals surface area contributed by atoms with Crippen LogP contribution in [-0.2, 0) is 19.2 Å². The molecule has 0 N–H and O–H groups in total. The zero-order valence-corrected chi connectivity index (χ0v) is 25.5. The van der Waals surface area contributed by atoms with E-state index in [9.17, 15) is 0 Å². The first kappa shape index (κ1) is 51.0. The van der Waals surface area contributed by atoms with Crippen molar-refractivity contribution in [1.82, 2.24) is 0 Å². The molecule has 12 heteroatoms. The molecule has 0 radical (unpaired) electrons. The summed E-state index contributed by atoms with van der Waals surface area (Å²) >= 11 is 0. The standard InChI is InChI=1S/C6H12.4C2H4O2.4Na/c1-2-4-6-5-3-1;4*1-2(3)4;;;;/h1-6H2;4*1H3,(H,3,4);;;;/q;;;;;4*+1/p-4. The molecular formula is C14H24Na4O8. The van der Waals surface area contributed by atoms with E-state index in [1.165, 1.54) is 38.5 Å². The van der Waals surface area contributed by atoms with Gasteiger partial charge in [0.1, 0.15) is 0 Å². The van der Waals surface area contributed by atoms with Crippen molar-refractivity contribution >= 4 is 23.9 Å². The Morgan fingerprint density at radius 2 is 0.462 bits per heavy atom. The van der Waals surface area contributed by atoms with Crippen LogP contribution in [0.3, 0.4) is 0 Å². The summed E-state index contributed by atoms with van der Waals surface area (Å²) in [6.45, 7) is 3.89. The van der Waals surface area contributed by atoms with Crippen LogP contribution in [0.2, 0.25) is 0 Å². The van der Waals surface area contributed by atoms with Crippen LogP contribution in [0.1, 0.15) is 66.2 Å². The second-order valence-electron chi connectivity index (χ2n) is 4.09. The molecule has 0 spiro atoms. The first-order valence-electron chi connectivity index (χ1n) is 6.63. The Morgan fingerprint density at radius 1 is 0.423 bits per heavy atom. The summed E-state index contributed by atoms with van der Waals surface area (Å²) in [7, 11) is 0. The van der Waals surface area contributed by atoms with Gasteiger partial charge in [-0.1, -0.05) is 38.5 Å². The van der Waals surface area contributed by atoms with E-state index in [2.05, 4.69) is 0 Å². The zero-order valence-electron chi connectivity index (χ0n) is 17.5. The first-order valence-corrected chi connectivity index (χ1v) is 6.63. The van der Waals surface area contributed by atoms with Crippen LogP contribution in [-0.4, -0.2) is 23.9 Å². The average Bonchev–Trinajstić information content (AvgIpc) is 2.28. The molecule has 1 saturated carbocycles. The van der Waals surface area contributed by atoms with E-state index in [-0.39, 0.29) is 118 Å². The molecule has 0 heterocycles. The molecule has 1 aliphatic rings. The van der Waals surface area contributed by atoms with Gasteiger partial charge >= 0.3 is 118 Å². The van der Waals surface area contributed by atoms with E-state index in [4.69, 9.17) is 39.6 Å². The van der Waals surface area contributed by atoms with Gasteiger partial charge in [0.05, 0.1) is 0 Å². The molecule has 26 heavy (non-hydrogen) atoms. The number of rotatable bonds is 0. The summed E-state index contributed by atoms with van der Waals surface area (Å²) in [6.07, 6.45) is 9.00. The van der Waals surface area contributed by atoms with E-state index in [1.54, 1.807) is 0 Å². The van der Waals surface area contributed by atoms with Gasteiger partial charge in [-0.3, -0.25) is 0 Å². The third-order valence-electron chi connectivity index (χ3n) is 1.50. The number of carbonyl (C=O) groups excluding carboxylic acids is 4. The number of carboxylic acid groups (broad SMARTS) is 4. The SMILES string of the molecule is C1CCCCC1.CC(=O)[O-].CC(=O)[O-].CC(=O)[O-].CC(=O)[O-].[Na+].[Na+].[Na+].[Na+]. The van der Waals surface area contributed by atoms with Crippen LogP contribution in [0, 0.1) is 0 Å². The topological polar surface area (TPSA) is 161 Å². The zero-order chi connectivity index (χ0) is 18.6. The third-order valence-corrected chi connectivity index (χ3v) is 1.50. The van der Waals surface area contributed by atoms with Gasteiger partial charge in [0.25, 0.3) is 0 Å². The summed E-state index contributed by atoms with van der Waals surface area (Å²) in [5, 5.41) is 35.6. The van der Waals surface area contributed by atoms with Crippen molar-refractivity contribution in [1.29, 1.82) is 0 Å². The smallest absolute Gasteiger partial charge is 0.550 e. The molecule has 0 aromatic carbocycles. The van der Waals surface area contributed by atoms with Crippen molar-refractivity contribution in [2.45, 2.75) is 66.2 Å². The molecule has 8 nitrogen and oxygen atoms in total. The number of hydrogen-bond acceptors (Lipinski definition) is 8. The summed E-state index contributed by atoms with van der Waals surface area (Å²) in [6, 6.07) is 0. The van der Waals surface area contributed by atoms with Gasteiger partial charge in [0, 0.05) is 23.9 Å². The fourth-order valence-electron chi connectivity index (χ4n) is 1.06. The minimum Gasteiger partial charge on any atom is -0.550 e. The molecule has 0 aliphatic heterocycles. The molecule has 0 saturated heterocycles. The maximum atomic E-state index is 8.89. The molecule has 132 valence electrons. The molecule has 0 aromatic rings. The van der Waals surface area contributed by atoms with E-state index >= 15 is 0 Å². The Labute approximate surface area is 244 Å². The quantitative estimate of drug-likeness (QED) is 0.355. The van der Waals surface area contributed by atoms with Crippen LogP contribution in [0.4, 0.5) is 0 Å². The van der Waals surface area contributed by atoms with Gasteiger partial charge in [-0.25, -0.2) is 0 Å². The number of aliphatic carboxylic acids is 4. The predicted molar refractivity (Wildman–Crippen MR) is 70.4 cm³/mol. The fourth-order valence-corrected chi connectivity index (χ4v) is 1.06. The predicted octanol–water partition coefficient (Wildman–Crippen LogP) is -14.6. The monoisotopic (exact) mass is 412 g/mol. The molecule has 1 fully saturated rings. The van der Waals surface area contributed by atoms with Gasteiger partial charge in [-0.15, -0.1) is 0 Å². The van der Waals surface area contributed by atoms with Crippen LogP contribution >= 0.6 is 0 Å². The average molecular weight is 412 g/mol. The Bertz CT molecular complexity index is 236. The summed E-state index contributed by atoms with van der Waals surface area (Å²) < 4.78 is 0. The van der Waals surface area contributed by atoms with Crippen LogP contribution < -0.4 is 139 Å². The van der Waals surface area contributed by atoms with Crippen molar-refractivity contribution in [2.75, 3.05) is 0 Å². The molecule has 0 atom stereocenters. The number of carboxylic acids is 4. The Balaban J connectivity index is -0.0000000254. The van der Waals surface area contributed by atoms with Crippen molar-refractivity contribution in [2.24, 2.45) is 0 Å². The molecule has 0 aromatic heterocycles. The molecule has 0 bridgehead atoms. The summed E-state index contributed by atoms with van der Waals surface area (Å²) in [4.78, 5) is 35.6. The molecule has 0 amide bonds. The van der Waals surface area contributed by atoms with E-state index in [0.717, 1.165) is 27.7 Å². The maximum Gasteiger partial charge on any atom is 1.00 e. The van der Waals surface area contributed by atoms with E-state index in [1.807, 2.05) is 0 Å². The van der Waals surface area contributed by atoms with Crippen LogP contribution in [0.25, 0.3) is 0 Å². The van der Waals surface area contributed by atoms with Crippen LogP contribution in [0.5, 0.6) is 0 Å². The second-order valence-corrected chi connectivity index (χ2v) is 4.09. The first-order chi connectivity index (χ1) is 9.93. The van der Waals surface area contributed by atoms with Crippen molar-refractivity contribution in [3.05, 3.63) is 0 Å². The van der Waals surface area contributed by atoms with Crippen molar-refractivity contribution in [3.8, 4) is 0 Å². The summed E-state index contributed by atoms with van der Waals surface area (Å²) in [5.74, 6) is -4.33. The van der Waals surface area contributed by atoms with Gasteiger partial charge in [0.15, 0.2) is 0 Å². The largest absolute Gasteiger partial charge is 1.00 e. The van der Waals surface area contributed by atoms with E-state index < -0.39 is 23.9 Å². The normalized spacial score (nSPS) is 9.38. The Kier molecular flexibility index (Phi) is 89.3. The van der Waals surface area contributed by atoms with Gasteiger partial charge in [-0.2, -0.15) is 0 Å². The van der Waals surface area contributed by atoms with Crippen molar-refractivity contribution in [3.63, 3.8) is 0 Å². The minimum atomic E-state index is -1.08. The molecule has 1 rings (SSSR count). The van der Waals surface area contributed by atoms with E-state index in [0.29, 0.717) is 0 Å². The van der Waals surface area contributed by atoms with Gasteiger partial charge < -0.3 is 39.6 Å².